The van der Waals surface area contributed by atoms with Crippen molar-refractivity contribution in [1.29, 1.82) is 0 Å². The summed E-state index contributed by atoms with van der Waals surface area (Å²) in [5.41, 5.74) is 0.956. The molecule has 2 aromatic rings. The quantitative estimate of drug-likeness (QED) is 0.805. The van der Waals surface area contributed by atoms with Gasteiger partial charge in [-0.25, -0.2) is 4.68 Å². The van der Waals surface area contributed by atoms with Crippen LogP contribution < -0.4 is 0 Å². The number of rotatable bonds is 3. The van der Waals surface area contributed by atoms with E-state index in [1.54, 1.807) is 9.36 Å². The second-order valence-corrected chi connectivity index (χ2v) is 5.19. The summed E-state index contributed by atoms with van der Waals surface area (Å²) in [5.74, 6) is 0. The van der Waals surface area contributed by atoms with Crippen LogP contribution in [0.1, 0.15) is 19.3 Å². The van der Waals surface area contributed by atoms with Gasteiger partial charge in [0.05, 0.1) is 12.4 Å². The average Bonchev–Trinajstić information content (AvgIpc) is 2.82. The maximum absolute atomic E-state index is 5.45. The van der Waals surface area contributed by atoms with Crippen LogP contribution in [0.15, 0.2) is 30.3 Å². The van der Waals surface area contributed by atoms with Gasteiger partial charge in [0.15, 0.2) is 0 Å². The molecular formula is C13H17N5S. The first-order chi connectivity index (χ1) is 9.34. The molecule has 1 aliphatic heterocycles. The summed E-state index contributed by atoms with van der Waals surface area (Å²) < 4.78 is 4.16. The van der Waals surface area contributed by atoms with Gasteiger partial charge in [-0.2, -0.15) is 4.68 Å². The van der Waals surface area contributed by atoms with Crippen molar-refractivity contribution in [3.63, 3.8) is 0 Å². The second-order valence-electron chi connectivity index (χ2n) is 4.83. The van der Waals surface area contributed by atoms with E-state index >= 15 is 0 Å². The van der Waals surface area contributed by atoms with Crippen LogP contribution in [-0.2, 0) is 6.67 Å². The van der Waals surface area contributed by atoms with Crippen molar-refractivity contribution in [2.75, 3.05) is 13.1 Å². The monoisotopic (exact) mass is 275 g/mol. The number of piperidine rings is 1. The van der Waals surface area contributed by atoms with Gasteiger partial charge in [0.2, 0.25) is 4.77 Å². The summed E-state index contributed by atoms with van der Waals surface area (Å²) in [4.78, 5) is 2.38. The highest BCUT2D eigenvalue weighted by Gasteiger charge is 2.13. The standard InChI is InChI=1S/C13H17N5S/c19-13-17(11-16-9-5-2-6-10-16)14-15-18(13)12-7-3-1-4-8-12/h1,3-4,7-8H,2,5-6,9-11H2. The topological polar surface area (TPSA) is 38.9 Å². The molecule has 1 fully saturated rings. The Kier molecular flexibility index (Phi) is 3.70. The van der Waals surface area contributed by atoms with E-state index in [-0.39, 0.29) is 0 Å². The summed E-state index contributed by atoms with van der Waals surface area (Å²) in [5, 5.41) is 8.32. The molecule has 0 spiro atoms. The Morgan fingerprint density at radius 2 is 1.74 bits per heavy atom. The molecule has 0 radical (unpaired) electrons. The zero-order chi connectivity index (χ0) is 13.1. The highest BCUT2D eigenvalue weighted by Crippen LogP contribution is 2.10. The Morgan fingerprint density at radius 1 is 1.00 bits per heavy atom. The number of hydrogen-bond acceptors (Lipinski definition) is 4. The largest absolute Gasteiger partial charge is 0.284 e. The van der Waals surface area contributed by atoms with Gasteiger partial charge in [0.1, 0.15) is 0 Å². The normalized spacial score (nSPS) is 16.6. The minimum atomic E-state index is 0.650. The molecule has 1 aromatic heterocycles. The first-order valence-corrected chi connectivity index (χ1v) is 7.06. The third kappa shape index (κ3) is 2.74. The van der Waals surface area contributed by atoms with Gasteiger partial charge in [0, 0.05) is 0 Å². The maximum Gasteiger partial charge on any atom is 0.221 e. The predicted molar refractivity (Wildman–Crippen MR) is 75.6 cm³/mol. The van der Waals surface area contributed by atoms with Crippen molar-refractivity contribution >= 4 is 12.2 Å². The fourth-order valence-electron chi connectivity index (χ4n) is 2.38. The molecule has 100 valence electrons. The molecule has 5 nitrogen and oxygen atoms in total. The number of hydrogen-bond donors (Lipinski definition) is 0. The fraction of sp³-hybridized carbons (Fsp3) is 0.462. The molecule has 0 N–H and O–H groups in total. The molecule has 0 atom stereocenters. The highest BCUT2D eigenvalue weighted by atomic mass is 32.1. The van der Waals surface area contributed by atoms with E-state index in [9.17, 15) is 0 Å². The lowest BCUT2D eigenvalue weighted by atomic mass is 10.1. The first kappa shape index (κ1) is 12.5. The molecule has 19 heavy (non-hydrogen) atoms. The SMILES string of the molecule is S=c1n(CN2CCCCC2)nnn1-c1ccccc1. The van der Waals surface area contributed by atoms with Crippen LogP contribution in [0.2, 0.25) is 0 Å². The van der Waals surface area contributed by atoms with Gasteiger partial charge in [-0.3, -0.25) is 4.90 Å². The lowest BCUT2D eigenvalue weighted by molar-refractivity contribution is 0.171. The Labute approximate surface area is 117 Å². The van der Waals surface area contributed by atoms with Crippen molar-refractivity contribution in [3.8, 4) is 5.69 Å². The molecule has 0 amide bonds. The van der Waals surface area contributed by atoms with Gasteiger partial charge < -0.3 is 0 Å². The van der Waals surface area contributed by atoms with E-state index in [4.69, 9.17) is 12.2 Å². The number of nitrogens with zero attached hydrogens (tertiary/aromatic N) is 5. The van der Waals surface area contributed by atoms with E-state index < -0.39 is 0 Å². The molecule has 2 heterocycles. The van der Waals surface area contributed by atoms with Crippen LogP contribution in [0.4, 0.5) is 0 Å². The minimum Gasteiger partial charge on any atom is -0.284 e. The number of tetrazole rings is 1. The van der Waals surface area contributed by atoms with Gasteiger partial charge in [-0.1, -0.05) is 24.6 Å². The van der Waals surface area contributed by atoms with Crippen LogP contribution >= 0.6 is 12.2 Å². The number of benzene rings is 1. The van der Waals surface area contributed by atoms with Crippen LogP contribution in [-0.4, -0.2) is 37.8 Å². The van der Waals surface area contributed by atoms with Crippen molar-refractivity contribution in [1.82, 2.24) is 24.7 Å². The summed E-state index contributed by atoms with van der Waals surface area (Å²) in [6.45, 7) is 2.99. The van der Waals surface area contributed by atoms with Crippen LogP contribution in [0.5, 0.6) is 0 Å². The summed E-state index contributed by atoms with van der Waals surface area (Å²) in [6.07, 6.45) is 3.86. The van der Waals surface area contributed by atoms with E-state index in [1.165, 1.54) is 19.3 Å². The Morgan fingerprint density at radius 3 is 2.47 bits per heavy atom. The molecule has 1 aromatic carbocycles. The van der Waals surface area contributed by atoms with E-state index in [1.807, 2.05) is 30.3 Å². The second kappa shape index (κ2) is 5.63. The maximum atomic E-state index is 5.45. The van der Waals surface area contributed by atoms with Gasteiger partial charge in [-0.15, -0.1) is 0 Å². The van der Waals surface area contributed by atoms with Gasteiger partial charge in [0.25, 0.3) is 0 Å². The molecule has 1 saturated heterocycles. The lowest BCUT2D eigenvalue weighted by Crippen LogP contribution is -2.32. The zero-order valence-corrected chi connectivity index (χ0v) is 11.6. The average molecular weight is 275 g/mol. The third-order valence-electron chi connectivity index (χ3n) is 3.42. The predicted octanol–water partition coefficient (Wildman–Crippen LogP) is 2.24. The fourth-order valence-corrected chi connectivity index (χ4v) is 2.62. The smallest absolute Gasteiger partial charge is 0.221 e. The van der Waals surface area contributed by atoms with Crippen LogP contribution in [0.25, 0.3) is 5.69 Å². The third-order valence-corrected chi connectivity index (χ3v) is 3.81. The Balaban J connectivity index is 1.81. The molecule has 6 heteroatoms. The Hall–Kier alpha value is -1.53. The summed E-state index contributed by atoms with van der Waals surface area (Å²) >= 11 is 5.45. The summed E-state index contributed by atoms with van der Waals surface area (Å²) in [6, 6.07) is 9.89. The van der Waals surface area contributed by atoms with Gasteiger partial charge >= 0.3 is 0 Å². The number of para-hydroxylation sites is 1. The van der Waals surface area contributed by atoms with Crippen LogP contribution in [0.3, 0.4) is 0 Å². The highest BCUT2D eigenvalue weighted by molar-refractivity contribution is 7.71. The summed E-state index contributed by atoms with van der Waals surface area (Å²) in [7, 11) is 0. The van der Waals surface area contributed by atoms with Crippen molar-refractivity contribution in [2.45, 2.75) is 25.9 Å². The Bertz CT molecular complexity index is 583. The van der Waals surface area contributed by atoms with E-state index in [0.717, 1.165) is 25.4 Å². The molecule has 0 unspecified atom stereocenters. The van der Waals surface area contributed by atoms with E-state index in [2.05, 4.69) is 15.3 Å². The van der Waals surface area contributed by atoms with Gasteiger partial charge in [-0.05, 0) is 60.7 Å². The molecule has 1 aliphatic rings. The molecular weight excluding hydrogens is 258 g/mol. The first-order valence-electron chi connectivity index (χ1n) is 6.65. The van der Waals surface area contributed by atoms with Crippen molar-refractivity contribution < 1.29 is 0 Å². The van der Waals surface area contributed by atoms with Crippen molar-refractivity contribution in [2.24, 2.45) is 0 Å². The minimum absolute atomic E-state index is 0.650. The molecule has 0 aliphatic carbocycles. The molecule has 3 rings (SSSR count). The number of aromatic nitrogens is 4. The molecule has 0 saturated carbocycles. The van der Waals surface area contributed by atoms with Crippen molar-refractivity contribution in [3.05, 3.63) is 35.1 Å². The van der Waals surface area contributed by atoms with Crippen LogP contribution in [0, 0.1) is 4.77 Å². The molecule has 0 bridgehead atoms. The zero-order valence-electron chi connectivity index (χ0n) is 10.8. The number of likely N-dealkylation sites (tertiary alicyclic amines) is 1. The van der Waals surface area contributed by atoms with E-state index in [0.29, 0.717) is 4.77 Å². The lowest BCUT2D eigenvalue weighted by Gasteiger charge is -2.25.